The second-order valence-electron chi connectivity index (χ2n) is 6.96. The van der Waals surface area contributed by atoms with E-state index in [1.807, 2.05) is 18.2 Å². The van der Waals surface area contributed by atoms with Crippen molar-refractivity contribution in [3.8, 4) is 5.75 Å². The molecule has 1 aliphatic rings. The Morgan fingerprint density at radius 3 is 2.57 bits per heavy atom. The molecule has 3 rings (SSSR count). The van der Waals surface area contributed by atoms with Gasteiger partial charge in [0.15, 0.2) is 11.6 Å². The number of rotatable bonds is 7. The lowest BCUT2D eigenvalue weighted by atomic mass is 10.1. The Morgan fingerprint density at radius 1 is 1.14 bits per heavy atom. The number of piperazine rings is 1. The fourth-order valence-electron chi connectivity index (χ4n) is 3.50. The van der Waals surface area contributed by atoms with Crippen molar-refractivity contribution in [3.05, 3.63) is 53.8 Å². The van der Waals surface area contributed by atoms with Gasteiger partial charge in [-0.15, -0.1) is 0 Å². The molecule has 150 valence electrons. The SMILES string of the molecule is CCN1CCN(c2ccccc2NC(=O)CCc2ccc(OC)c(F)c2)CC1. The third-order valence-corrected chi connectivity index (χ3v) is 5.20. The van der Waals surface area contributed by atoms with Gasteiger partial charge in [0.2, 0.25) is 5.91 Å². The highest BCUT2D eigenvalue weighted by Gasteiger charge is 2.18. The van der Waals surface area contributed by atoms with Crippen molar-refractivity contribution in [2.75, 3.05) is 50.1 Å². The maximum Gasteiger partial charge on any atom is 0.224 e. The first-order valence-corrected chi connectivity index (χ1v) is 9.79. The number of carbonyl (C=O) groups is 1. The predicted molar refractivity (Wildman–Crippen MR) is 111 cm³/mol. The molecule has 2 aromatic rings. The van der Waals surface area contributed by atoms with Crippen LogP contribution in [0.25, 0.3) is 0 Å². The molecule has 0 aromatic heterocycles. The summed E-state index contributed by atoms with van der Waals surface area (Å²) in [4.78, 5) is 17.2. The van der Waals surface area contributed by atoms with Gasteiger partial charge in [0.1, 0.15) is 0 Å². The molecule has 0 radical (unpaired) electrons. The van der Waals surface area contributed by atoms with Crippen molar-refractivity contribution < 1.29 is 13.9 Å². The Labute approximate surface area is 166 Å². The first-order valence-electron chi connectivity index (χ1n) is 9.79. The maximum atomic E-state index is 13.8. The number of nitrogens with one attached hydrogen (secondary N) is 1. The molecule has 2 aromatic carbocycles. The van der Waals surface area contributed by atoms with Gasteiger partial charge in [0.25, 0.3) is 0 Å². The Morgan fingerprint density at radius 2 is 1.89 bits per heavy atom. The van der Waals surface area contributed by atoms with E-state index in [9.17, 15) is 9.18 Å². The normalized spacial score (nSPS) is 14.8. The summed E-state index contributed by atoms with van der Waals surface area (Å²) in [7, 11) is 1.44. The fraction of sp³-hybridized carbons (Fsp3) is 0.409. The van der Waals surface area contributed by atoms with Crippen molar-refractivity contribution in [1.82, 2.24) is 4.90 Å². The Kier molecular flexibility index (Phi) is 6.87. The molecule has 0 unspecified atom stereocenters. The molecule has 6 heteroatoms. The molecular formula is C22H28FN3O2. The van der Waals surface area contributed by atoms with Crippen LogP contribution in [0, 0.1) is 5.82 Å². The monoisotopic (exact) mass is 385 g/mol. The smallest absolute Gasteiger partial charge is 0.224 e. The number of anilines is 2. The zero-order chi connectivity index (χ0) is 19.9. The van der Waals surface area contributed by atoms with Gasteiger partial charge in [-0.1, -0.05) is 25.1 Å². The highest BCUT2D eigenvalue weighted by atomic mass is 19.1. The van der Waals surface area contributed by atoms with E-state index in [0.29, 0.717) is 12.8 Å². The van der Waals surface area contributed by atoms with Crippen LogP contribution in [-0.4, -0.2) is 50.6 Å². The minimum atomic E-state index is -0.406. The predicted octanol–water partition coefficient (Wildman–Crippen LogP) is 3.55. The zero-order valence-electron chi connectivity index (χ0n) is 16.6. The average molecular weight is 385 g/mol. The molecule has 0 aliphatic carbocycles. The second kappa shape index (κ2) is 9.55. The summed E-state index contributed by atoms with van der Waals surface area (Å²) in [5, 5.41) is 3.03. The number of benzene rings is 2. The maximum absolute atomic E-state index is 13.8. The molecule has 0 saturated carbocycles. The van der Waals surface area contributed by atoms with E-state index in [0.717, 1.165) is 49.7 Å². The van der Waals surface area contributed by atoms with Crippen LogP contribution >= 0.6 is 0 Å². The lowest BCUT2D eigenvalue weighted by Gasteiger charge is -2.36. The van der Waals surface area contributed by atoms with Crippen molar-refractivity contribution in [1.29, 1.82) is 0 Å². The van der Waals surface area contributed by atoms with Crippen LogP contribution in [0.3, 0.4) is 0 Å². The van der Waals surface area contributed by atoms with Crippen molar-refractivity contribution in [3.63, 3.8) is 0 Å². The summed E-state index contributed by atoms with van der Waals surface area (Å²) in [5.74, 6) is -0.266. The summed E-state index contributed by atoms with van der Waals surface area (Å²) in [6.07, 6.45) is 0.772. The minimum Gasteiger partial charge on any atom is -0.494 e. The Bertz CT molecular complexity index is 804. The van der Waals surface area contributed by atoms with E-state index in [-0.39, 0.29) is 11.7 Å². The highest BCUT2D eigenvalue weighted by molar-refractivity contribution is 5.94. The average Bonchev–Trinajstić information content (AvgIpc) is 2.73. The Hall–Kier alpha value is -2.60. The lowest BCUT2D eigenvalue weighted by Crippen LogP contribution is -2.46. The molecule has 1 heterocycles. The molecule has 0 bridgehead atoms. The fourth-order valence-corrected chi connectivity index (χ4v) is 3.50. The first-order chi connectivity index (χ1) is 13.6. The molecule has 1 saturated heterocycles. The van der Waals surface area contributed by atoms with Gasteiger partial charge in [-0.2, -0.15) is 0 Å². The van der Waals surface area contributed by atoms with Crippen molar-refractivity contribution >= 4 is 17.3 Å². The number of ether oxygens (including phenoxy) is 1. The highest BCUT2D eigenvalue weighted by Crippen LogP contribution is 2.27. The van der Waals surface area contributed by atoms with Crippen molar-refractivity contribution in [2.24, 2.45) is 0 Å². The summed E-state index contributed by atoms with van der Waals surface area (Å²) >= 11 is 0. The van der Waals surface area contributed by atoms with Crippen LogP contribution in [0.15, 0.2) is 42.5 Å². The number of hydrogen-bond acceptors (Lipinski definition) is 4. The number of nitrogens with zero attached hydrogens (tertiary/aromatic N) is 2. The molecule has 1 amide bonds. The molecule has 0 spiro atoms. The van der Waals surface area contributed by atoms with Crippen LogP contribution in [0.5, 0.6) is 5.75 Å². The van der Waals surface area contributed by atoms with Gasteiger partial charge in [0.05, 0.1) is 18.5 Å². The van der Waals surface area contributed by atoms with Gasteiger partial charge in [-0.3, -0.25) is 4.79 Å². The molecular weight excluding hydrogens is 357 g/mol. The number of hydrogen-bond donors (Lipinski definition) is 1. The van der Waals surface area contributed by atoms with Gasteiger partial charge in [-0.25, -0.2) is 4.39 Å². The number of para-hydroxylation sites is 2. The number of amides is 1. The Balaban J connectivity index is 1.59. The lowest BCUT2D eigenvalue weighted by molar-refractivity contribution is -0.116. The summed E-state index contributed by atoms with van der Waals surface area (Å²) < 4.78 is 18.7. The number of likely N-dealkylation sites (N-methyl/N-ethyl adjacent to an activating group) is 1. The van der Waals surface area contributed by atoms with E-state index >= 15 is 0 Å². The van der Waals surface area contributed by atoms with E-state index in [2.05, 4.69) is 28.1 Å². The van der Waals surface area contributed by atoms with E-state index < -0.39 is 5.82 Å². The molecule has 1 fully saturated rings. The van der Waals surface area contributed by atoms with Crippen LogP contribution in [0.2, 0.25) is 0 Å². The quantitative estimate of drug-likeness (QED) is 0.792. The van der Waals surface area contributed by atoms with E-state index in [1.165, 1.54) is 13.2 Å². The molecule has 5 nitrogen and oxygen atoms in total. The van der Waals surface area contributed by atoms with Gasteiger partial charge in [-0.05, 0) is 42.8 Å². The van der Waals surface area contributed by atoms with E-state index in [1.54, 1.807) is 12.1 Å². The minimum absolute atomic E-state index is 0.0733. The van der Waals surface area contributed by atoms with Crippen LogP contribution in [0.1, 0.15) is 18.9 Å². The van der Waals surface area contributed by atoms with Gasteiger partial charge >= 0.3 is 0 Å². The van der Waals surface area contributed by atoms with Gasteiger partial charge in [0, 0.05) is 32.6 Å². The summed E-state index contributed by atoms with van der Waals surface area (Å²) in [6, 6.07) is 12.7. The van der Waals surface area contributed by atoms with Crippen LogP contribution in [-0.2, 0) is 11.2 Å². The standard InChI is InChI=1S/C22H28FN3O2/c1-3-25-12-14-26(15-13-25)20-7-5-4-6-19(20)24-22(27)11-9-17-8-10-21(28-2)18(23)16-17/h4-8,10,16H,3,9,11-15H2,1-2H3,(H,24,27). The zero-order valence-corrected chi connectivity index (χ0v) is 16.6. The van der Waals surface area contributed by atoms with Crippen LogP contribution < -0.4 is 15.0 Å². The molecule has 28 heavy (non-hydrogen) atoms. The molecule has 1 aliphatic heterocycles. The summed E-state index contributed by atoms with van der Waals surface area (Å²) in [5.41, 5.74) is 2.66. The number of aryl methyl sites for hydroxylation is 1. The number of halogens is 1. The number of carbonyl (C=O) groups excluding carboxylic acids is 1. The van der Waals surface area contributed by atoms with E-state index in [4.69, 9.17) is 4.74 Å². The molecule has 0 atom stereocenters. The third kappa shape index (κ3) is 5.01. The number of methoxy groups -OCH3 is 1. The topological polar surface area (TPSA) is 44.8 Å². The van der Waals surface area contributed by atoms with Gasteiger partial charge < -0.3 is 19.9 Å². The van der Waals surface area contributed by atoms with Crippen LogP contribution in [0.4, 0.5) is 15.8 Å². The first kappa shape index (κ1) is 20.1. The van der Waals surface area contributed by atoms with Crippen molar-refractivity contribution in [2.45, 2.75) is 19.8 Å². The largest absolute Gasteiger partial charge is 0.494 e. The third-order valence-electron chi connectivity index (χ3n) is 5.20. The summed E-state index contributed by atoms with van der Waals surface area (Å²) in [6.45, 7) is 7.21. The molecule has 1 N–H and O–H groups in total. The second-order valence-corrected chi connectivity index (χ2v) is 6.96.